The molecule has 1 aliphatic rings. The summed E-state index contributed by atoms with van der Waals surface area (Å²) >= 11 is 0. The summed E-state index contributed by atoms with van der Waals surface area (Å²) < 4.78 is 11.9. The molecule has 0 aliphatic carbocycles. The van der Waals surface area contributed by atoms with Crippen LogP contribution in [0.3, 0.4) is 0 Å². The van der Waals surface area contributed by atoms with Gasteiger partial charge in [-0.05, 0) is 36.3 Å². The average molecular weight is 340 g/mol. The van der Waals surface area contributed by atoms with E-state index in [-0.39, 0.29) is 18.3 Å². The molecular formula is C22H28O3. The van der Waals surface area contributed by atoms with Gasteiger partial charge in [0.1, 0.15) is 0 Å². The van der Waals surface area contributed by atoms with Gasteiger partial charge in [-0.1, -0.05) is 67.6 Å². The highest BCUT2D eigenvalue weighted by Crippen LogP contribution is 2.29. The van der Waals surface area contributed by atoms with Crippen LogP contribution in [0.25, 0.3) is 0 Å². The predicted octanol–water partition coefficient (Wildman–Crippen LogP) is 4.51. The van der Waals surface area contributed by atoms with Crippen molar-refractivity contribution >= 4 is 0 Å². The molecule has 0 spiro atoms. The Bertz CT molecular complexity index is 614. The van der Waals surface area contributed by atoms with Gasteiger partial charge in [0.25, 0.3) is 0 Å². The van der Waals surface area contributed by atoms with Crippen molar-refractivity contribution < 1.29 is 14.6 Å². The number of aliphatic hydroxyl groups excluding tert-OH is 1. The maximum absolute atomic E-state index is 10.6. The quantitative estimate of drug-likeness (QED) is 0.806. The molecule has 2 aromatic carbocycles. The monoisotopic (exact) mass is 340 g/mol. The molecule has 0 amide bonds. The molecule has 2 aromatic rings. The van der Waals surface area contributed by atoms with Crippen molar-refractivity contribution in [1.29, 1.82) is 0 Å². The van der Waals surface area contributed by atoms with Gasteiger partial charge in [-0.15, -0.1) is 0 Å². The number of hydrogen-bond donors (Lipinski definition) is 1. The minimum absolute atomic E-state index is 0.139. The summed E-state index contributed by atoms with van der Waals surface area (Å²) in [5, 5.41) is 10.6. The fourth-order valence-electron chi connectivity index (χ4n) is 3.43. The van der Waals surface area contributed by atoms with E-state index in [0.29, 0.717) is 0 Å². The van der Waals surface area contributed by atoms with Crippen LogP contribution in [0.2, 0.25) is 0 Å². The van der Waals surface area contributed by atoms with E-state index in [1.54, 1.807) is 0 Å². The van der Waals surface area contributed by atoms with Gasteiger partial charge in [-0.25, -0.2) is 0 Å². The summed E-state index contributed by atoms with van der Waals surface area (Å²) in [6, 6.07) is 20.3. The number of rotatable bonds is 7. The molecule has 1 heterocycles. The fourth-order valence-corrected chi connectivity index (χ4v) is 3.43. The lowest BCUT2D eigenvalue weighted by Gasteiger charge is -2.33. The van der Waals surface area contributed by atoms with E-state index in [2.05, 4.69) is 31.2 Å². The molecular weight excluding hydrogens is 312 g/mol. The Hall–Kier alpha value is -1.68. The number of benzene rings is 2. The first-order valence-electron chi connectivity index (χ1n) is 9.26. The highest BCUT2D eigenvalue weighted by Gasteiger charge is 2.27. The van der Waals surface area contributed by atoms with E-state index >= 15 is 0 Å². The van der Waals surface area contributed by atoms with Crippen molar-refractivity contribution in [3.63, 3.8) is 0 Å². The third kappa shape index (κ3) is 5.40. The van der Waals surface area contributed by atoms with E-state index in [1.165, 1.54) is 5.56 Å². The van der Waals surface area contributed by atoms with E-state index in [4.69, 9.17) is 9.47 Å². The van der Waals surface area contributed by atoms with E-state index in [1.807, 2.05) is 36.4 Å². The number of aliphatic hydroxyl groups is 1. The summed E-state index contributed by atoms with van der Waals surface area (Å²) in [4.78, 5) is 0. The average Bonchev–Trinajstić information content (AvgIpc) is 2.67. The largest absolute Gasteiger partial charge is 0.388 e. The van der Waals surface area contributed by atoms with Gasteiger partial charge in [0, 0.05) is 6.42 Å². The molecule has 4 unspecified atom stereocenters. The molecule has 25 heavy (non-hydrogen) atoms. The molecule has 0 saturated carbocycles. The smallest absolute Gasteiger partial charge is 0.158 e. The molecule has 134 valence electrons. The Morgan fingerprint density at radius 2 is 1.72 bits per heavy atom. The van der Waals surface area contributed by atoms with Crippen LogP contribution in [0.5, 0.6) is 0 Å². The number of aryl methyl sites for hydroxylation is 1. The van der Waals surface area contributed by atoms with Crippen molar-refractivity contribution in [1.82, 2.24) is 0 Å². The number of ether oxygens (including phenoxy) is 2. The molecule has 1 fully saturated rings. The van der Waals surface area contributed by atoms with Crippen LogP contribution in [0.15, 0.2) is 60.7 Å². The summed E-state index contributed by atoms with van der Waals surface area (Å²) in [5.41, 5.74) is 2.28. The van der Waals surface area contributed by atoms with Gasteiger partial charge in [0.15, 0.2) is 6.29 Å². The summed E-state index contributed by atoms with van der Waals surface area (Å²) in [6.07, 6.45) is 3.14. The van der Waals surface area contributed by atoms with Crippen LogP contribution in [-0.2, 0) is 15.9 Å². The molecule has 1 N–H and O–H groups in total. The minimum Gasteiger partial charge on any atom is -0.388 e. The Balaban J connectivity index is 1.48. The van der Waals surface area contributed by atoms with E-state index < -0.39 is 6.10 Å². The van der Waals surface area contributed by atoms with Crippen molar-refractivity contribution in [2.24, 2.45) is 5.92 Å². The maximum atomic E-state index is 10.6. The molecule has 3 rings (SSSR count). The minimum atomic E-state index is -0.449. The predicted molar refractivity (Wildman–Crippen MR) is 99.2 cm³/mol. The molecule has 3 heteroatoms. The SMILES string of the molecule is CC(CC1CCOC(CCc2ccccc2)O1)C(O)c1ccccc1. The zero-order valence-corrected chi connectivity index (χ0v) is 14.9. The van der Waals surface area contributed by atoms with Gasteiger partial charge in [0.05, 0.1) is 18.8 Å². The summed E-state index contributed by atoms with van der Waals surface area (Å²) in [5.74, 6) is 0.153. The standard InChI is InChI=1S/C22H28O3/c1-17(22(23)19-10-6-3-7-11-19)16-20-14-15-24-21(25-20)13-12-18-8-4-2-5-9-18/h2-11,17,20-23H,12-16H2,1H3. The highest BCUT2D eigenvalue weighted by atomic mass is 16.7. The Morgan fingerprint density at radius 3 is 2.44 bits per heavy atom. The molecule has 1 aliphatic heterocycles. The van der Waals surface area contributed by atoms with Gasteiger partial charge < -0.3 is 14.6 Å². The topological polar surface area (TPSA) is 38.7 Å². The Kier molecular flexibility index (Phi) is 6.62. The molecule has 1 saturated heterocycles. The molecule has 4 atom stereocenters. The zero-order chi connectivity index (χ0) is 17.5. The second-order valence-electron chi connectivity index (χ2n) is 6.94. The normalized spacial score (nSPS) is 23.1. The molecule has 3 nitrogen and oxygen atoms in total. The van der Waals surface area contributed by atoms with Crippen LogP contribution < -0.4 is 0 Å². The zero-order valence-electron chi connectivity index (χ0n) is 14.9. The summed E-state index contributed by atoms with van der Waals surface area (Å²) in [6.45, 7) is 2.83. The molecule has 0 bridgehead atoms. The van der Waals surface area contributed by atoms with E-state index in [9.17, 15) is 5.11 Å². The lowest BCUT2D eigenvalue weighted by molar-refractivity contribution is -0.219. The van der Waals surface area contributed by atoms with Crippen LogP contribution in [0.1, 0.15) is 43.4 Å². The van der Waals surface area contributed by atoms with E-state index in [0.717, 1.165) is 37.9 Å². The van der Waals surface area contributed by atoms with Crippen molar-refractivity contribution in [3.8, 4) is 0 Å². The lowest BCUT2D eigenvalue weighted by Crippen LogP contribution is -2.34. The third-order valence-corrected chi connectivity index (χ3v) is 4.91. The van der Waals surface area contributed by atoms with Crippen LogP contribution in [-0.4, -0.2) is 24.1 Å². The first kappa shape index (κ1) is 18.1. The second-order valence-corrected chi connectivity index (χ2v) is 6.94. The maximum Gasteiger partial charge on any atom is 0.158 e. The molecule has 0 radical (unpaired) electrons. The summed E-state index contributed by atoms with van der Waals surface area (Å²) in [7, 11) is 0. The molecule has 0 aromatic heterocycles. The van der Waals surface area contributed by atoms with Crippen LogP contribution in [0.4, 0.5) is 0 Å². The highest BCUT2D eigenvalue weighted by molar-refractivity contribution is 5.18. The van der Waals surface area contributed by atoms with Crippen LogP contribution >= 0.6 is 0 Å². The van der Waals surface area contributed by atoms with Gasteiger partial charge >= 0.3 is 0 Å². The van der Waals surface area contributed by atoms with Gasteiger partial charge in [-0.2, -0.15) is 0 Å². The van der Waals surface area contributed by atoms with Crippen molar-refractivity contribution in [2.75, 3.05) is 6.61 Å². The van der Waals surface area contributed by atoms with Gasteiger partial charge in [-0.3, -0.25) is 0 Å². The van der Waals surface area contributed by atoms with Crippen molar-refractivity contribution in [2.45, 2.75) is 51.1 Å². The first-order chi connectivity index (χ1) is 12.2. The first-order valence-corrected chi connectivity index (χ1v) is 9.26. The lowest BCUT2D eigenvalue weighted by atomic mass is 9.91. The van der Waals surface area contributed by atoms with Gasteiger partial charge in [0.2, 0.25) is 0 Å². The second kappa shape index (κ2) is 9.14. The number of hydrogen-bond acceptors (Lipinski definition) is 3. The van der Waals surface area contributed by atoms with Crippen LogP contribution in [0, 0.1) is 5.92 Å². The third-order valence-electron chi connectivity index (χ3n) is 4.91. The Labute approximate surface area is 150 Å². The fraction of sp³-hybridized carbons (Fsp3) is 0.455. The van der Waals surface area contributed by atoms with Crippen molar-refractivity contribution in [3.05, 3.63) is 71.8 Å². The Morgan fingerprint density at radius 1 is 1.04 bits per heavy atom.